The topological polar surface area (TPSA) is 105 Å². The predicted octanol–water partition coefficient (Wildman–Crippen LogP) is 5.44. The molecule has 0 aromatic heterocycles. The zero-order valence-corrected chi connectivity index (χ0v) is 27.0. The number of nitrogens with zero attached hydrogens (tertiary/aromatic N) is 2. The van der Waals surface area contributed by atoms with Crippen LogP contribution in [-0.2, 0) is 26.2 Å². The molecule has 11 heteroatoms. The van der Waals surface area contributed by atoms with E-state index in [1.165, 1.54) is 49.5 Å². The van der Waals surface area contributed by atoms with Crippen molar-refractivity contribution in [2.45, 2.75) is 51.6 Å². The Morgan fingerprint density at radius 3 is 2.12 bits per heavy atom. The summed E-state index contributed by atoms with van der Waals surface area (Å²) in [5, 5.41) is 3.34. The SMILES string of the molecule is CCC(C(=O)NCC(C)C)N(Cc1ccc(C)cc1)C(=O)CN(c1ccc(Cl)cc1)S(=O)(=O)c1ccc(OC)c(OC)c1. The summed E-state index contributed by atoms with van der Waals surface area (Å²) in [6, 6.07) is 17.2. The number of hydrogen-bond donors (Lipinski definition) is 1. The fraction of sp³-hybridized carbons (Fsp3) is 0.375. The van der Waals surface area contributed by atoms with Gasteiger partial charge in [-0.2, -0.15) is 0 Å². The van der Waals surface area contributed by atoms with Gasteiger partial charge in [-0.15, -0.1) is 0 Å². The monoisotopic (exact) mass is 629 g/mol. The molecule has 1 N–H and O–H groups in total. The summed E-state index contributed by atoms with van der Waals surface area (Å²) in [7, 11) is -1.44. The van der Waals surface area contributed by atoms with Crippen molar-refractivity contribution in [3.8, 4) is 11.5 Å². The summed E-state index contributed by atoms with van der Waals surface area (Å²) >= 11 is 6.11. The van der Waals surface area contributed by atoms with Gasteiger partial charge in [0.2, 0.25) is 11.8 Å². The summed E-state index contributed by atoms with van der Waals surface area (Å²) in [6.45, 7) is 7.78. The fourth-order valence-corrected chi connectivity index (χ4v) is 6.03. The molecule has 0 radical (unpaired) electrons. The molecule has 1 unspecified atom stereocenters. The summed E-state index contributed by atoms with van der Waals surface area (Å²) in [4.78, 5) is 28.9. The van der Waals surface area contributed by atoms with Crippen LogP contribution >= 0.6 is 11.6 Å². The van der Waals surface area contributed by atoms with Crippen LogP contribution in [0.2, 0.25) is 5.02 Å². The molecule has 0 aliphatic heterocycles. The van der Waals surface area contributed by atoms with Crippen molar-refractivity contribution in [3.63, 3.8) is 0 Å². The zero-order valence-electron chi connectivity index (χ0n) is 25.5. The molecule has 0 bridgehead atoms. The molecule has 0 heterocycles. The van der Waals surface area contributed by atoms with Crippen molar-refractivity contribution in [3.05, 3.63) is 82.9 Å². The van der Waals surface area contributed by atoms with Crippen LogP contribution in [0.15, 0.2) is 71.6 Å². The van der Waals surface area contributed by atoms with E-state index in [-0.39, 0.29) is 34.7 Å². The van der Waals surface area contributed by atoms with Crippen LogP contribution in [-0.4, -0.2) is 58.5 Å². The number of hydrogen-bond acceptors (Lipinski definition) is 6. The first-order valence-corrected chi connectivity index (χ1v) is 15.9. The molecule has 232 valence electrons. The maximum absolute atomic E-state index is 14.2. The van der Waals surface area contributed by atoms with E-state index in [1.807, 2.05) is 52.0 Å². The molecular formula is C32H40ClN3O6S. The highest BCUT2D eigenvalue weighted by molar-refractivity contribution is 7.92. The first kappa shape index (κ1) is 33.7. The quantitative estimate of drug-likeness (QED) is 0.255. The van der Waals surface area contributed by atoms with Crippen LogP contribution in [0.25, 0.3) is 0 Å². The second kappa shape index (κ2) is 15.1. The minimum Gasteiger partial charge on any atom is -0.493 e. The van der Waals surface area contributed by atoms with Gasteiger partial charge >= 0.3 is 0 Å². The van der Waals surface area contributed by atoms with Gasteiger partial charge in [0, 0.05) is 24.2 Å². The van der Waals surface area contributed by atoms with Gasteiger partial charge in [0.15, 0.2) is 11.5 Å². The lowest BCUT2D eigenvalue weighted by Gasteiger charge is -2.33. The minimum atomic E-state index is -4.30. The third-order valence-electron chi connectivity index (χ3n) is 6.88. The van der Waals surface area contributed by atoms with Gasteiger partial charge in [-0.3, -0.25) is 13.9 Å². The van der Waals surface area contributed by atoms with Gasteiger partial charge in [-0.25, -0.2) is 8.42 Å². The van der Waals surface area contributed by atoms with E-state index in [0.29, 0.717) is 23.7 Å². The van der Waals surface area contributed by atoms with Crippen LogP contribution < -0.4 is 19.1 Å². The van der Waals surface area contributed by atoms with E-state index >= 15 is 0 Å². The van der Waals surface area contributed by atoms with Gasteiger partial charge in [0.1, 0.15) is 12.6 Å². The van der Waals surface area contributed by atoms with E-state index in [2.05, 4.69) is 5.32 Å². The Kier molecular flexibility index (Phi) is 11.9. The number of carbonyl (C=O) groups is 2. The number of amides is 2. The molecule has 9 nitrogen and oxygen atoms in total. The standard InChI is InChI=1S/C32H40ClN3O6S/c1-7-28(32(38)34-19-22(2)3)35(20-24-10-8-23(4)9-11-24)31(37)21-36(26-14-12-25(33)13-15-26)43(39,40)27-16-17-29(41-5)30(18-27)42-6/h8-18,22,28H,7,19-21H2,1-6H3,(H,34,38). The summed E-state index contributed by atoms with van der Waals surface area (Å²) in [5.41, 5.74) is 2.10. The van der Waals surface area contributed by atoms with E-state index < -0.39 is 28.5 Å². The molecule has 1 atom stereocenters. The first-order chi connectivity index (χ1) is 20.4. The lowest BCUT2D eigenvalue weighted by Crippen LogP contribution is -2.52. The Morgan fingerprint density at radius 1 is 0.930 bits per heavy atom. The molecular weight excluding hydrogens is 590 g/mol. The van der Waals surface area contributed by atoms with E-state index in [9.17, 15) is 18.0 Å². The van der Waals surface area contributed by atoms with Crippen molar-refractivity contribution < 1.29 is 27.5 Å². The van der Waals surface area contributed by atoms with Crippen molar-refractivity contribution in [2.75, 3.05) is 31.6 Å². The number of sulfonamides is 1. The third-order valence-corrected chi connectivity index (χ3v) is 8.90. The maximum Gasteiger partial charge on any atom is 0.264 e. The molecule has 0 saturated carbocycles. The molecule has 0 aliphatic carbocycles. The second-order valence-electron chi connectivity index (χ2n) is 10.6. The van der Waals surface area contributed by atoms with Crippen molar-refractivity contribution >= 4 is 39.1 Å². The van der Waals surface area contributed by atoms with Crippen LogP contribution in [0.3, 0.4) is 0 Å². The second-order valence-corrected chi connectivity index (χ2v) is 12.9. The summed E-state index contributed by atoms with van der Waals surface area (Å²) in [5.74, 6) is -0.0313. The molecule has 0 spiro atoms. The molecule has 43 heavy (non-hydrogen) atoms. The largest absolute Gasteiger partial charge is 0.493 e. The smallest absolute Gasteiger partial charge is 0.264 e. The first-order valence-electron chi connectivity index (χ1n) is 14.0. The number of halogens is 1. The fourth-order valence-electron chi connectivity index (χ4n) is 4.47. The van der Waals surface area contributed by atoms with Crippen molar-refractivity contribution in [2.24, 2.45) is 5.92 Å². The summed E-state index contributed by atoms with van der Waals surface area (Å²) in [6.07, 6.45) is 0.338. The molecule has 3 aromatic rings. The Labute approximate surface area is 259 Å². The number of nitrogens with one attached hydrogen (secondary N) is 1. The lowest BCUT2D eigenvalue weighted by atomic mass is 10.1. The van der Waals surface area contributed by atoms with Gasteiger partial charge in [0.25, 0.3) is 10.0 Å². The van der Waals surface area contributed by atoms with Gasteiger partial charge < -0.3 is 19.7 Å². The highest BCUT2D eigenvalue weighted by Gasteiger charge is 2.34. The normalized spacial score (nSPS) is 12.0. The van der Waals surface area contributed by atoms with Gasteiger partial charge in [-0.05, 0) is 61.2 Å². The highest BCUT2D eigenvalue weighted by Crippen LogP contribution is 2.32. The van der Waals surface area contributed by atoms with Crippen LogP contribution in [0.1, 0.15) is 38.3 Å². The predicted molar refractivity (Wildman–Crippen MR) is 169 cm³/mol. The Morgan fingerprint density at radius 2 is 1.56 bits per heavy atom. The number of aryl methyl sites for hydroxylation is 1. The molecule has 2 amide bonds. The molecule has 0 saturated heterocycles. The molecule has 3 aromatic carbocycles. The Hall–Kier alpha value is -3.76. The highest BCUT2D eigenvalue weighted by atomic mass is 35.5. The van der Waals surface area contributed by atoms with E-state index in [0.717, 1.165) is 15.4 Å². The number of ether oxygens (including phenoxy) is 2. The number of benzene rings is 3. The molecule has 0 fully saturated rings. The van der Waals surface area contributed by atoms with Gasteiger partial charge in [0.05, 0.1) is 24.8 Å². The van der Waals surface area contributed by atoms with E-state index in [1.54, 1.807) is 12.1 Å². The number of methoxy groups -OCH3 is 2. The summed E-state index contributed by atoms with van der Waals surface area (Å²) < 4.78 is 39.9. The Bertz CT molecular complexity index is 1490. The number of rotatable bonds is 14. The average molecular weight is 630 g/mol. The van der Waals surface area contributed by atoms with Gasteiger partial charge in [-0.1, -0.05) is 62.2 Å². The van der Waals surface area contributed by atoms with Crippen molar-refractivity contribution in [1.82, 2.24) is 10.2 Å². The minimum absolute atomic E-state index is 0.0975. The number of carbonyl (C=O) groups excluding carboxylic acids is 2. The molecule has 3 rings (SSSR count). The lowest BCUT2D eigenvalue weighted by molar-refractivity contribution is -0.140. The number of anilines is 1. The van der Waals surface area contributed by atoms with Crippen LogP contribution in [0.4, 0.5) is 5.69 Å². The third kappa shape index (κ3) is 8.64. The van der Waals surface area contributed by atoms with Crippen LogP contribution in [0.5, 0.6) is 11.5 Å². The van der Waals surface area contributed by atoms with Crippen molar-refractivity contribution in [1.29, 1.82) is 0 Å². The zero-order chi connectivity index (χ0) is 31.7. The Balaban J connectivity index is 2.08. The van der Waals surface area contributed by atoms with E-state index in [4.69, 9.17) is 21.1 Å². The van der Waals surface area contributed by atoms with Crippen LogP contribution in [0, 0.1) is 12.8 Å². The average Bonchev–Trinajstić information content (AvgIpc) is 2.99. The maximum atomic E-state index is 14.2. The molecule has 0 aliphatic rings.